The molecule has 0 radical (unpaired) electrons. The molecule has 3 nitrogen and oxygen atoms in total. The molecule has 2 bridgehead atoms. The third-order valence-corrected chi connectivity index (χ3v) is 5.63. The van der Waals surface area contributed by atoms with Crippen molar-refractivity contribution in [2.75, 3.05) is 0 Å². The highest BCUT2D eigenvalue weighted by molar-refractivity contribution is 7.86. The lowest BCUT2D eigenvalue weighted by molar-refractivity contribution is 0.277. The Hall–Kier alpha value is -0.350. The lowest BCUT2D eigenvalue weighted by Crippen LogP contribution is -2.34. The Morgan fingerprint density at radius 2 is 2.00 bits per heavy atom. The highest BCUT2D eigenvalue weighted by atomic mass is 32.2. The van der Waals surface area contributed by atoms with E-state index in [1.807, 2.05) is 0 Å². The molecule has 3 rings (SSSR count). The van der Waals surface area contributed by atoms with Crippen molar-refractivity contribution in [1.29, 1.82) is 0 Å². The second kappa shape index (κ2) is 2.61. The SMILES string of the molecule is O=S(=O)(O)C1CC2CC1C1CC=CC21. The van der Waals surface area contributed by atoms with Gasteiger partial charge in [-0.05, 0) is 42.9 Å². The van der Waals surface area contributed by atoms with Gasteiger partial charge in [0.1, 0.15) is 0 Å². The fourth-order valence-electron chi connectivity index (χ4n) is 3.84. The summed E-state index contributed by atoms with van der Waals surface area (Å²) in [5, 5.41) is -0.464. The summed E-state index contributed by atoms with van der Waals surface area (Å²) in [6.07, 6.45) is 7.10. The van der Waals surface area contributed by atoms with Crippen molar-refractivity contribution < 1.29 is 13.0 Å². The van der Waals surface area contributed by atoms with Crippen molar-refractivity contribution in [2.24, 2.45) is 23.7 Å². The van der Waals surface area contributed by atoms with Crippen LogP contribution in [0.4, 0.5) is 0 Å². The minimum Gasteiger partial charge on any atom is -0.285 e. The molecule has 4 heteroatoms. The molecule has 14 heavy (non-hydrogen) atoms. The number of rotatable bonds is 1. The largest absolute Gasteiger partial charge is 0.285 e. The molecule has 0 heterocycles. The minimum atomic E-state index is -3.80. The minimum absolute atomic E-state index is 0.218. The molecule has 0 aromatic rings. The zero-order chi connectivity index (χ0) is 9.92. The molecule has 78 valence electrons. The third kappa shape index (κ3) is 1.04. The van der Waals surface area contributed by atoms with Crippen molar-refractivity contribution in [3.05, 3.63) is 12.2 Å². The second-order valence-electron chi connectivity index (χ2n) is 4.85. The monoisotopic (exact) mass is 214 g/mol. The van der Waals surface area contributed by atoms with Gasteiger partial charge in [-0.1, -0.05) is 12.2 Å². The standard InChI is InChI=1S/C10H14O3S/c11-14(12,13)10-5-6-4-9(10)8-3-1-2-7(6)8/h1-2,6-10H,3-5H2,(H,11,12,13). The molecule has 3 aliphatic carbocycles. The molecule has 0 spiro atoms. The molecule has 3 aliphatic rings. The molecule has 0 aromatic carbocycles. The van der Waals surface area contributed by atoms with Crippen LogP contribution in [-0.4, -0.2) is 18.2 Å². The maximum absolute atomic E-state index is 11.1. The van der Waals surface area contributed by atoms with E-state index in [9.17, 15) is 8.42 Å². The highest BCUT2D eigenvalue weighted by Crippen LogP contribution is 2.57. The molecule has 5 unspecified atom stereocenters. The maximum Gasteiger partial charge on any atom is 0.268 e. The van der Waals surface area contributed by atoms with Gasteiger partial charge in [-0.25, -0.2) is 0 Å². The number of hydrogen-bond acceptors (Lipinski definition) is 2. The van der Waals surface area contributed by atoms with Gasteiger partial charge in [-0.15, -0.1) is 0 Å². The van der Waals surface area contributed by atoms with E-state index in [1.54, 1.807) is 0 Å². The molecule has 0 aromatic heterocycles. The van der Waals surface area contributed by atoms with Crippen molar-refractivity contribution in [3.8, 4) is 0 Å². The predicted octanol–water partition coefficient (Wildman–Crippen LogP) is 1.47. The molecular formula is C10H14O3S. The molecule has 5 atom stereocenters. The van der Waals surface area contributed by atoms with Crippen LogP contribution < -0.4 is 0 Å². The van der Waals surface area contributed by atoms with Crippen molar-refractivity contribution in [3.63, 3.8) is 0 Å². The van der Waals surface area contributed by atoms with Crippen molar-refractivity contribution in [1.82, 2.24) is 0 Å². The van der Waals surface area contributed by atoms with Crippen molar-refractivity contribution in [2.45, 2.75) is 24.5 Å². The van der Waals surface area contributed by atoms with Crippen LogP contribution in [0.3, 0.4) is 0 Å². The van der Waals surface area contributed by atoms with Gasteiger partial charge in [0.2, 0.25) is 0 Å². The fraction of sp³-hybridized carbons (Fsp3) is 0.800. The normalized spacial score (nSPS) is 49.9. The Labute approximate surface area is 83.9 Å². The van der Waals surface area contributed by atoms with E-state index in [0.29, 0.717) is 24.2 Å². The molecule has 0 saturated heterocycles. The Morgan fingerprint density at radius 1 is 1.21 bits per heavy atom. The van der Waals surface area contributed by atoms with Gasteiger partial charge >= 0.3 is 0 Å². The average Bonchev–Trinajstić information content (AvgIpc) is 2.74. The number of allylic oxidation sites excluding steroid dienone is 2. The summed E-state index contributed by atoms with van der Waals surface area (Å²) in [5.74, 6) is 1.84. The molecular weight excluding hydrogens is 200 g/mol. The van der Waals surface area contributed by atoms with Crippen LogP contribution in [0.5, 0.6) is 0 Å². The highest BCUT2D eigenvalue weighted by Gasteiger charge is 2.55. The van der Waals surface area contributed by atoms with E-state index in [-0.39, 0.29) is 5.92 Å². The quantitative estimate of drug-likeness (QED) is 0.531. The van der Waals surface area contributed by atoms with Gasteiger partial charge in [0.25, 0.3) is 10.1 Å². The van der Waals surface area contributed by atoms with Gasteiger partial charge in [0, 0.05) is 0 Å². The van der Waals surface area contributed by atoms with Crippen LogP contribution in [0, 0.1) is 23.7 Å². The van der Waals surface area contributed by atoms with Gasteiger partial charge < -0.3 is 0 Å². The summed E-state index contributed by atoms with van der Waals surface area (Å²) in [4.78, 5) is 0. The first-order chi connectivity index (χ1) is 6.57. The predicted molar refractivity (Wildman–Crippen MR) is 52.3 cm³/mol. The van der Waals surface area contributed by atoms with Crippen molar-refractivity contribution >= 4 is 10.1 Å². The van der Waals surface area contributed by atoms with Crippen LogP contribution >= 0.6 is 0 Å². The van der Waals surface area contributed by atoms with E-state index in [2.05, 4.69) is 12.2 Å². The summed E-state index contributed by atoms with van der Waals surface area (Å²) < 4.78 is 31.4. The van der Waals surface area contributed by atoms with Crippen LogP contribution in [-0.2, 0) is 10.1 Å². The maximum atomic E-state index is 11.1. The first-order valence-corrected chi connectivity index (χ1v) is 6.70. The van der Waals surface area contributed by atoms with E-state index in [1.165, 1.54) is 0 Å². The molecule has 0 aliphatic heterocycles. The Kier molecular flexibility index (Phi) is 1.66. The lowest BCUT2D eigenvalue weighted by Gasteiger charge is -2.29. The molecule has 1 N–H and O–H groups in total. The molecule has 2 fully saturated rings. The topological polar surface area (TPSA) is 54.4 Å². The van der Waals surface area contributed by atoms with Gasteiger partial charge in [-0.3, -0.25) is 4.55 Å². The van der Waals surface area contributed by atoms with Crippen LogP contribution in [0.1, 0.15) is 19.3 Å². The summed E-state index contributed by atoms with van der Waals surface area (Å²) in [6.45, 7) is 0. The first kappa shape index (κ1) is 8.92. The van der Waals surface area contributed by atoms with Crippen LogP contribution in [0.25, 0.3) is 0 Å². The van der Waals surface area contributed by atoms with E-state index in [4.69, 9.17) is 4.55 Å². The average molecular weight is 214 g/mol. The van der Waals surface area contributed by atoms with Crippen LogP contribution in [0.15, 0.2) is 12.2 Å². The molecule has 2 saturated carbocycles. The Bertz CT molecular complexity index is 384. The number of fused-ring (bicyclic) bond motifs is 5. The lowest BCUT2D eigenvalue weighted by atomic mass is 9.81. The summed E-state index contributed by atoms with van der Waals surface area (Å²) in [6, 6.07) is 0. The van der Waals surface area contributed by atoms with Gasteiger partial charge in [0.15, 0.2) is 0 Å². The second-order valence-corrected chi connectivity index (χ2v) is 6.49. The smallest absolute Gasteiger partial charge is 0.268 e. The van der Waals surface area contributed by atoms with E-state index in [0.717, 1.165) is 12.8 Å². The Morgan fingerprint density at radius 3 is 2.71 bits per heavy atom. The summed E-state index contributed by atoms with van der Waals surface area (Å²) in [7, 11) is -3.80. The van der Waals surface area contributed by atoms with E-state index < -0.39 is 15.4 Å². The van der Waals surface area contributed by atoms with Gasteiger partial charge in [0.05, 0.1) is 5.25 Å². The molecule has 0 amide bonds. The first-order valence-electron chi connectivity index (χ1n) is 5.20. The summed E-state index contributed by atoms with van der Waals surface area (Å²) >= 11 is 0. The Balaban J connectivity index is 1.92. The zero-order valence-electron chi connectivity index (χ0n) is 7.83. The van der Waals surface area contributed by atoms with Crippen LogP contribution in [0.2, 0.25) is 0 Å². The number of hydrogen-bond donors (Lipinski definition) is 1. The fourth-order valence-corrected chi connectivity index (χ4v) is 5.08. The zero-order valence-corrected chi connectivity index (χ0v) is 8.65. The van der Waals surface area contributed by atoms with E-state index >= 15 is 0 Å². The summed E-state index contributed by atoms with van der Waals surface area (Å²) in [5.41, 5.74) is 0. The third-order valence-electron chi connectivity index (χ3n) is 4.33. The van der Waals surface area contributed by atoms with Gasteiger partial charge in [-0.2, -0.15) is 8.42 Å².